The van der Waals surface area contributed by atoms with Crippen LogP contribution >= 0.6 is 0 Å². The Bertz CT molecular complexity index is 850. The lowest BCUT2D eigenvalue weighted by atomic mass is 9.99. The van der Waals surface area contributed by atoms with Crippen LogP contribution in [0.4, 0.5) is 0 Å². The molecule has 1 aromatic carbocycles. The molecule has 0 aliphatic rings. The number of aromatic amines is 1. The molecule has 2 rings (SSSR count). The number of carbonyl (C=O) groups excluding carboxylic acids is 1. The van der Waals surface area contributed by atoms with Crippen LogP contribution in [0.5, 0.6) is 0 Å². The number of pyridine rings is 1. The highest BCUT2D eigenvalue weighted by Gasteiger charge is 2.14. The Labute approximate surface area is 146 Å². The van der Waals surface area contributed by atoms with Crippen molar-refractivity contribution in [2.75, 3.05) is 6.54 Å². The van der Waals surface area contributed by atoms with Crippen LogP contribution in [0.1, 0.15) is 40.4 Å². The third kappa shape index (κ3) is 4.55. The number of nitrogens with one attached hydrogen (secondary N) is 2. The van der Waals surface area contributed by atoms with Gasteiger partial charge >= 0.3 is 0 Å². The van der Waals surface area contributed by atoms with Crippen LogP contribution < -0.4 is 16.6 Å². The van der Waals surface area contributed by atoms with Crippen molar-refractivity contribution in [3.63, 3.8) is 0 Å². The fraction of sp³-hybridized carbons (Fsp3) is 0.316. The number of amides is 1. The molecule has 1 heterocycles. The van der Waals surface area contributed by atoms with Gasteiger partial charge in [-0.1, -0.05) is 30.3 Å². The van der Waals surface area contributed by atoms with Gasteiger partial charge in [0.15, 0.2) is 0 Å². The maximum Gasteiger partial charge on any atom is 0.266 e. The van der Waals surface area contributed by atoms with Crippen LogP contribution in [-0.2, 0) is 11.2 Å². The molecule has 0 aliphatic carbocycles. The summed E-state index contributed by atoms with van der Waals surface area (Å²) < 4.78 is 0. The van der Waals surface area contributed by atoms with Gasteiger partial charge < -0.3 is 16.0 Å². The highest BCUT2D eigenvalue weighted by atomic mass is 16.1. The zero-order chi connectivity index (χ0) is 18.4. The number of aryl methyl sites for hydroxylation is 1. The van der Waals surface area contributed by atoms with E-state index < -0.39 is 0 Å². The highest BCUT2D eigenvalue weighted by Crippen LogP contribution is 2.15. The van der Waals surface area contributed by atoms with Crippen LogP contribution in [0.15, 0.2) is 35.1 Å². The number of rotatable bonds is 6. The molecule has 130 valence electrons. The quantitative estimate of drug-likeness (QED) is 0.743. The first-order valence-electron chi connectivity index (χ1n) is 8.13. The molecule has 0 bridgehead atoms. The fourth-order valence-electron chi connectivity index (χ4n) is 2.79. The maximum absolute atomic E-state index is 12.1. The van der Waals surface area contributed by atoms with Gasteiger partial charge in [0.05, 0.1) is 0 Å². The first-order valence-corrected chi connectivity index (χ1v) is 8.13. The fourth-order valence-corrected chi connectivity index (χ4v) is 2.79. The molecule has 1 unspecified atom stereocenters. The summed E-state index contributed by atoms with van der Waals surface area (Å²) in [7, 11) is 0. The van der Waals surface area contributed by atoms with Gasteiger partial charge in [-0.25, -0.2) is 0 Å². The Morgan fingerprint density at radius 2 is 2.00 bits per heavy atom. The van der Waals surface area contributed by atoms with Crippen molar-refractivity contribution in [2.45, 2.75) is 32.7 Å². The van der Waals surface area contributed by atoms with Crippen LogP contribution in [0.3, 0.4) is 0 Å². The van der Waals surface area contributed by atoms with Crippen molar-refractivity contribution in [3.8, 4) is 6.07 Å². The molecule has 0 fully saturated rings. The van der Waals surface area contributed by atoms with Crippen molar-refractivity contribution in [1.82, 2.24) is 10.3 Å². The molecule has 1 amide bonds. The van der Waals surface area contributed by atoms with Gasteiger partial charge in [-0.2, -0.15) is 5.26 Å². The van der Waals surface area contributed by atoms with Crippen molar-refractivity contribution < 1.29 is 4.79 Å². The summed E-state index contributed by atoms with van der Waals surface area (Å²) in [5.74, 6) is -0.116. The summed E-state index contributed by atoms with van der Waals surface area (Å²) in [4.78, 5) is 26.5. The van der Waals surface area contributed by atoms with Gasteiger partial charge in [-0.05, 0) is 37.0 Å². The Hall–Kier alpha value is -2.91. The van der Waals surface area contributed by atoms with E-state index in [-0.39, 0.29) is 29.5 Å². The minimum Gasteiger partial charge on any atom is -0.354 e. The van der Waals surface area contributed by atoms with E-state index in [2.05, 4.69) is 10.3 Å². The molecule has 0 saturated heterocycles. The van der Waals surface area contributed by atoms with Gasteiger partial charge in [-0.15, -0.1) is 0 Å². The zero-order valence-corrected chi connectivity index (χ0v) is 14.4. The molecule has 1 atom stereocenters. The Morgan fingerprint density at radius 1 is 1.32 bits per heavy atom. The third-order valence-electron chi connectivity index (χ3n) is 4.27. The normalized spacial score (nSPS) is 11.6. The Balaban J connectivity index is 1.95. The Kier molecular flexibility index (Phi) is 6.09. The number of aromatic nitrogens is 1. The average molecular weight is 338 g/mol. The summed E-state index contributed by atoms with van der Waals surface area (Å²) in [5.41, 5.74) is 8.90. The van der Waals surface area contributed by atoms with E-state index >= 15 is 0 Å². The number of benzene rings is 1. The summed E-state index contributed by atoms with van der Waals surface area (Å²) in [5, 5.41) is 11.9. The minimum absolute atomic E-state index is 0.104. The van der Waals surface area contributed by atoms with Gasteiger partial charge in [0.25, 0.3) is 5.56 Å². The Morgan fingerprint density at radius 3 is 2.64 bits per heavy atom. The second kappa shape index (κ2) is 8.27. The van der Waals surface area contributed by atoms with Crippen molar-refractivity contribution >= 4 is 5.91 Å². The lowest BCUT2D eigenvalue weighted by Gasteiger charge is -2.14. The predicted molar refractivity (Wildman–Crippen MR) is 96.0 cm³/mol. The first-order chi connectivity index (χ1) is 11.9. The van der Waals surface area contributed by atoms with E-state index in [0.717, 1.165) is 11.1 Å². The summed E-state index contributed by atoms with van der Waals surface area (Å²) in [6, 6.07) is 11.2. The number of nitriles is 1. The molecule has 6 heteroatoms. The zero-order valence-electron chi connectivity index (χ0n) is 14.4. The van der Waals surface area contributed by atoms with E-state index in [1.807, 2.05) is 36.4 Å². The number of carbonyl (C=O) groups is 1. The van der Waals surface area contributed by atoms with Crippen molar-refractivity contribution in [1.29, 1.82) is 5.26 Å². The van der Waals surface area contributed by atoms with Crippen molar-refractivity contribution in [2.24, 2.45) is 5.73 Å². The third-order valence-corrected chi connectivity index (χ3v) is 4.27. The standard InChI is InChI=1S/C19H22N4O2/c1-12-15(13(2)23-19(25)16(12)10-20)8-9-18(24)22-11-17(21)14-6-4-3-5-7-14/h3-7,17H,8-9,11,21H2,1-2H3,(H,22,24)(H,23,25). The molecule has 0 aliphatic heterocycles. The van der Waals surface area contributed by atoms with Gasteiger partial charge in [0.1, 0.15) is 11.6 Å². The van der Waals surface area contributed by atoms with Crippen LogP contribution in [-0.4, -0.2) is 17.4 Å². The van der Waals surface area contributed by atoms with E-state index in [1.54, 1.807) is 13.8 Å². The highest BCUT2D eigenvalue weighted by molar-refractivity contribution is 5.76. The van der Waals surface area contributed by atoms with Crippen molar-refractivity contribution in [3.05, 3.63) is 68.6 Å². The number of H-pyrrole nitrogens is 1. The van der Waals surface area contributed by atoms with Crippen LogP contribution in [0.2, 0.25) is 0 Å². The summed E-state index contributed by atoms with van der Waals surface area (Å²) in [6.45, 7) is 3.86. The predicted octanol–water partition coefficient (Wildman–Crippen LogP) is 1.61. The van der Waals surface area contributed by atoms with Gasteiger partial charge in [0.2, 0.25) is 5.91 Å². The molecule has 1 aromatic heterocycles. The van der Waals surface area contributed by atoms with E-state index in [0.29, 0.717) is 24.2 Å². The number of nitrogens with two attached hydrogens (primary N) is 1. The van der Waals surface area contributed by atoms with Gasteiger partial charge in [0, 0.05) is 24.7 Å². The average Bonchev–Trinajstić information content (AvgIpc) is 2.60. The molecule has 25 heavy (non-hydrogen) atoms. The summed E-state index contributed by atoms with van der Waals surface area (Å²) in [6.07, 6.45) is 0.718. The van der Waals surface area contributed by atoms with Gasteiger partial charge in [-0.3, -0.25) is 9.59 Å². The van der Waals surface area contributed by atoms with E-state index in [9.17, 15) is 9.59 Å². The van der Waals surface area contributed by atoms with Crippen LogP contribution in [0, 0.1) is 25.2 Å². The minimum atomic E-state index is -0.389. The molecular weight excluding hydrogens is 316 g/mol. The second-order valence-electron chi connectivity index (χ2n) is 5.99. The molecule has 4 N–H and O–H groups in total. The maximum atomic E-state index is 12.1. The topological polar surface area (TPSA) is 112 Å². The molecule has 0 saturated carbocycles. The first kappa shape index (κ1) is 18.4. The van der Waals surface area contributed by atoms with Crippen LogP contribution in [0.25, 0.3) is 0 Å². The molecule has 0 spiro atoms. The molecule has 6 nitrogen and oxygen atoms in total. The number of hydrogen-bond donors (Lipinski definition) is 3. The van der Waals surface area contributed by atoms with E-state index in [4.69, 9.17) is 11.0 Å². The largest absolute Gasteiger partial charge is 0.354 e. The summed E-state index contributed by atoms with van der Waals surface area (Å²) >= 11 is 0. The molecule has 2 aromatic rings. The number of nitrogens with zero attached hydrogens (tertiary/aromatic N) is 1. The lowest BCUT2D eigenvalue weighted by molar-refractivity contribution is -0.121. The monoisotopic (exact) mass is 338 g/mol. The van der Waals surface area contributed by atoms with E-state index in [1.165, 1.54) is 0 Å². The second-order valence-corrected chi connectivity index (χ2v) is 5.99. The number of hydrogen-bond acceptors (Lipinski definition) is 4. The molecular formula is C19H22N4O2. The smallest absolute Gasteiger partial charge is 0.266 e. The molecule has 0 radical (unpaired) electrons. The SMILES string of the molecule is Cc1[nH]c(=O)c(C#N)c(C)c1CCC(=O)NCC(N)c1ccccc1. The lowest BCUT2D eigenvalue weighted by Crippen LogP contribution is -2.32.